The Balaban J connectivity index is 0.00000320. The van der Waals surface area contributed by atoms with Gasteiger partial charge in [0.1, 0.15) is 5.01 Å². The van der Waals surface area contributed by atoms with Crippen molar-refractivity contribution in [2.45, 2.75) is 40.2 Å². The number of benzene rings is 2. The van der Waals surface area contributed by atoms with Crippen LogP contribution in [-0.2, 0) is 31.0 Å². The topological polar surface area (TPSA) is 58.5 Å². The molecule has 3 rings (SSSR count). The summed E-state index contributed by atoms with van der Waals surface area (Å²) in [5.41, 5.74) is 3.51. The van der Waals surface area contributed by atoms with Crippen LogP contribution in [0.2, 0.25) is 0 Å². The molecule has 0 saturated carbocycles. The molecule has 2 N–H and O–H groups in total. The van der Waals surface area contributed by atoms with Gasteiger partial charge in [-0.15, -0.1) is 35.3 Å². The van der Waals surface area contributed by atoms with Crippen molar-refractivity contribution in [1.29, 1.82) is 0 Å². The van der Waals surface area contributed by atoms with Crippen LogP contribution in [0.4, 0.5) is 0 Å². The lowest BCUT2D eigenvalue weighted by molar-refractivity contribution is 0.106. The summed E-state index contributed by atoms with van der Waals surface area (Å²) in [6, 6.07) is 18.5. The monoisotopic (exact) mass is 536 g/mol. The minimum atomic E-state index is 0. The summed E-state index contributed by atoms with van der Waals surface area (Å²) >= 11 is 1.70. The summed E-state index contributed by atoms with van der Waals surface area (Å²) < 4.78 is 5.92. The highest BCUT2D eigenvalue weighted by molar-refractivity contribution is 14.0. The molecule has 0 aliphatic rings. The number of aryl methyl sites for hydroxylation is 1. The molecule has 160 valence electrons. The van der Waals surface area contributed by atoms with E-state index in [0.717, 1.165) is 17.5 Å². The van der Waals surface area contributed by atoms with E-state index in [2.05, 4.69) is 53.7 Å². The number of aliphatic imine (C=N–C) groups is 1. The van der Waals surface area contributed by atoms with Crippen LogP contribution in [0.5, 0.6) is 0 Å². The number of hydrogen-bond donors (Lipinski definition) is 2. The maximum Gasteiger partial charge on any atom is 0.191 e. The lowest BCUT2D eigenvalue weighted by Crippen LogP contribution is -2.36. The average Bonchev–Trinajstić information content (AvgIpc) is 3.17. The van der Waals surface area contributed by atoms with Gasteiger partial charge in [0, 0.05) is 17.6 Å². The fourth-order valence-electron chi connectivity index (χ4n) is 2.85. The Bertz CT molecular complexity index is 914. The molecule has 0 spiro atoms. The summed E-state index contributed by atoms with van der Waals surface area (Å²) in [6.45, 7) is 7.39. The van der Waals surface area contributed by atoms with Gasteiger partial charge in [0.25, 0.3) is 0 Å². The normalized spacial score (nSPS) is 11.1. The van der Waals surface area contributed by atoms with Gasteiger partial charge in [-0.1, -0.05) is 54.6 Å². The number of aromatic nitrogens is 1. The molecule has 0 atom stereocenters. The predicted octanol–water partition coefficient (Wildman–Crippen LogP) is 5.04. The summed E-state index contributed by atoms with van der Waals surface area (Å²) in [5.74, 6) is 0.792. The Kier molecular flexibility index (Phi) is 10.8. The van der Waals surface area contributed by atoms with Crippen molar-refractivity contribution in [1.82, 2.24) is 15.6 Å². The van der Waals surface area contributed by atoms with Gasteiger partial charge in [-0.2, -0.15) is 0 Å². The van der Waals surface area contributed by atoms with E-state index in [1.54, 1.807) is 11.3 Å². The minimum Gasteiger partial charge on any atom is -0.372 e. The van der Waals surface area contributed by atoms with Crippen LogP contribution >= 0.6 is 35.3 Å². The second-order valence-electron chi connectivity index (χ2n) is 6.66. The highest BCUT2D eigenvalue weighted by Gasteiger charge is 2.05. The van der Waals surface area contributed by atoms with Crippen molar-refractivity contribution < 1.29 is 4.74 Å². The quantitative estimate of drug-likeness (QED) is 0.229. The molecular weight excluding hydrogens is 507 g/mol. The number of nitrogens with one attached hydrogen (secondary N) is 2. The van der Waals surface area contributed by atoms with Crippen LogP contribution in [0.1, 0.15) is 33.5 Å². The van der Waals surface area contributed by atoms with E-state index >= 15 is 0 Å². The molecule has 7 heteroatoms. The van der Waals surface area contributed by atoms with E-state index in [-0.39, 0.29) is 24.0 Å². The molecule has 0 aliphatic carbocycles. The van der Waals surface area contributed by atoms with Gasteiger partial charge in [-0.05, 0) is 30.5 Å². The van der Waals surface area contributed by atoms with Crippen molar-refractivity contribution in [3.8, 4) is 0 Å². The van der Waals surface area contributed by atoms with Gasteiger partial charge >= 0.3 is 0 Å². The highest BCUT2D eigenvalue weighted by Crippen LogP contribution is 2.13. The van der Waals surface area contributed by atoms with Crippen molar-refractivity contribution in [2.24, 2.45) is 4.99 Å². The molecule has 0 fully saturated rings. The molecule has 3 aromatic rings. The van der Waals surface area contributed by atoms with Gasteiger partial charge < -0.3 is 15.4 Å². The largest absolute Gasteiger partial charge is 0.372 e. The first-order valence-electron chi connectivity index (χ1n) is 9.86. The molecule has 0 unspecified atom stereocenters. The van der Waals surface area contributed by atoms with Gasteiger partial charge in [-0.25, -0.2) is 9.98 Å². The minimum absolute atomic E-state index is 0. The van der Waals surface area contributed by atoms with E-state index in [0.29, 0.717) is 26.3 Å². The third-order valence-corrected chi connectivity index (χ3v) is 5.23. The van der Waals surface area contributed by atoms with Gasteiger partial charge in [0.2, 0.25) is 0 Å². The van der Waals surface area contributed by atoms with E-state index < -0.39 is 0 Å². The SMILES string of the molecule is CCNC(=NCc1ccccc1COCc1ccccc1)NCc1ncc(C)s1.I. The molecule has 0 saturated heterocycles. The van der Waals surface area contributed by atoms with E-state index in [1.807, 2.05) is 36.5 Å². The molecule has 30 heavy (non-hydrogen) atoms. The van der Waals surface area contributed by atoms with E-state index in [4.69, 9.17) is 9.73 Å². The molecule has 1 heterocycles. The molecule has 0 radical (unpaired) electrons. The van der Waals surface area contributed by atoms with Crippen LogP contribution in [0.15, 0.2) is 65.8 Å². The third kappa shape index (κ3) is 8.04. The van der Waals surface area contributed by atoms with Crippen molar-refractivity contribution in [3.63, 3.8) is 0 Å². The molecule has 5 nitrogen and oxygen atoms in total. The first kappa shape index (κ1) is 24.3. The van der Waals surface area contributed by atoms with Gasteiger partial charge in [0.15, 0.2) is 5.96 Å². The Labute approximate surface area is 200 Å². The second kappa shape index (κ2) is 13.4. The number of hydrogen-bond acceptors (Lipinski definition) is 4. The summed E-state index contributed by atoms with van der Waals surface area (Å²) in [4.78, 5) is 10.4. The fraction of sp³-hybridized carbons (Fsp3) is 0.304. The van der Waals surface area contributed by atoms with Crippen molar-refractivity contribution in [2.75, 3.05) is 6.54 Å². The number of halogens is 1. The molecule has 0 amide bonds. The smallest absolute Gasteiger partial charge is 0.191 e. The zero-order chi connectivity index (χ0) is 20.3. The van der Waals surface area contributed by atoms with E-state index in [1.165, 1.54) is 21.6 Å². The average molecular weight is 536 g/mol. The van der Waals surface area contributed by atoms with Crippen molar-refractivity contribution in [3.05, 3.63) is 87.4 Å². The standard InChI is InChI=1S/C23H28N4OS.HI/c1-3-24-23(27-15-22-25-13-18(2)29-22)26-14-20-11-7-8-12-21(20)17-28-16-19-9-5-4-6-10-19;/h4-13H,3,14-17H2,1-2H3,(H2,24,26,27);1H. The Morgan fingerprint density at radius 1 is 1.00 bits per heavy atom. The highest BCUT2D eigenvalue weighted by atomic mass is 127. The molecule has 0 aliphatic heterocycles. The second-order valence-corrected chi connectivity index (χ2v) is 7.98. The first-order chi connectivity index (χ1) is 14.2. The summed E-state index contributed by atoms with van der Waals surface area (Å²) in [7, 11) is 0. The number of nitrogens with zero attached hydrogens (tertiary/aromatic N) is 2. The maximum absolute atomic E-state index is 5.92. The van der Waals surface area contributed by atoms with Crippen LogP contribution in [-0.4, -0.2) is 17.5 Å². The first-order valence-corrected chi connectivity index (χ1v) is 10.7. The molecule has 1 aromatic heterocycles. The van der Waals surface area contributed by atoms with Crippen LogP contribution < -0.4 is 10.6 Å². The Morgan fingerprint density at radius 3 is 2.43 bits per heavy atom. The van der Waals surface area contributed by atoms with Gasteiger partial charge in [-0.3, -0.25) is 0 Å². The molecule has 2 aromatic carbocycles. The lowest BCUT2D eigenvalue weighted by Gasteiger charge is -2.12. The van der Waals surface area contributed by atoms with Gasteiger partial charge in [0.05, 0.1) is 26.3 Å². The van der Waals surface area contributed by atoms with Crippen LogP contribution in [0.3, 0.4) is 0 Å². The van der Waals surface area contributed by atoms with Crippen LogP contribution in [0.25, 0.3) is 0 Å². The zero-order valence-corrected chi connectivity index (χ0v) is 20.6. The fourth-order valence-corrected chi connectivity index (χ4v) is 3.58. The number of rotatable bonds is 9. The van der Waals surface area contributed by atoms with Crippen LogP contribution in [0, 0.1) is 6.92 Å². The summed E-state index contributed by atoms with van der Waals surface area (Å²) in [5, 5.41) is 7.72. The number of guanidine groups is 1. The summed E-state index contributed by atoms with van der Waals surface area (Å²) in [6.07, 6.45) is 1.90. The molecule has 0 bridgehead atoms. The van der Waals surface area contributed by atoms with E-state index in [9.17, 15) is 0 Å². The maximum atomic E-state index is 5.92. The van der Waals surface area contributed by atoms with Crippen molar-refractivity contribution >= 4 is 41.3 Å². The number of ether oxygens (including phenoxy) is 1. The zero-order valence-electron chi connectivity index (χ0n) is 17.4. The predicted molar refractivity (Wildman–Crippen MR) is 135 cm³/mol. The molecular formula is C23H29IN4OS. The number of thiazole rings is 1. The lowest BCUT2D eigenvalue weighted by atomic mass is 10.1. The Morgan fingerprint density at radius 2 is 1.73 bits per heavy atom. The third-order valence-electron chi connectivity index (χ3n) is 4.32. The Hall–Kier alpha value is -1.97.